The highest BCUT2D eigenvalue weighted by Crippen LogP contribution is 2.27. The van der Waals surface area contributed by atoms with Crippen LogP contribution in [0.1, 0.15) is 91.9 Å². The summed E-state index contributed by atoms with van der Waals surface area (Å²) in [5.41, 5.74) is -0.0189. The van der Waals surface area contributed by atoms with Crippen LogP contribution in [0, 0.1) is 0 Å². The molecule has 0 radical (unpaired) electrons. The van der Waals surface area contributed by atoms with Crippen molar-refractivity contribution in [3.05, 3.63) is 0 Å². The van der Waals surface area contributed by atoms with Gasteiger partial charge in [0, 0.05) is 13.2 Å². The lowest BCUT2D eigenvalue weighted by molar-refractivity contribution is -0.110. The van der Waals surface area contributed by atoms with Crippen LogP contribution in [0.5, 0.6) is 0 Å². The highest BCUT2D eigenvalue weighted by Gasteiger charge is 2.30. The van der Waals surface area contributed by atoms with E-state index in [2.05, 4.69) is 27.7 Å². The van der Waals surface area contributed by atoms with Gasteiger partial charge < -0.3 is 19.1 Å². The second kappa shape index (κ2) is 18.9. The predicted molar refractivity (Wildman–Crippen MR) is 99.2 cm³/mol. The maximum atomic E-state index is 8.74. The van der Waals surface area contributed by atoms with Crippen molar-refractivity contribution in [2.45, 2.75) is 97.5 Å². The largest absolute Gasteiger partial charge is 0.761 e. The van der Waals surface area contributed by atoms with Crippen LogP contribution in [0.15, 0.2) is 0 Å². The summed E-state index contributed by atoms with van der Waals surface area (Å²) in [5.74, 6) is 0. The average Bonchev–Trinajstić information content (AvgIpc) is 2.54. The van der Waals surface area contributed by atoms with E-state index in [1.54, 1.807) is 0 Å². The van der Waals surface area contributed by atoms with E-state index in [4.69, 9.17) is 23.5 Å². The van der Waals surface area contributed by atoms with Crippen molar-refractivity contribution in [1.29, 1.82) is 0 Å². The SMILES string of the molecule is CCCCOCC(CCCC)(CCCC)OCCCC.O=[Si](O)O. The molecule has 0 amide bonds. The van der Waals surface area contributed by atoms with Crippen molar-refractivity contribution < 1.29 is 23.5 Å². The Morgan fingerprint density at radius 1 is 0.792 bits per heavy atom. The molecule has 6 heteroatoms. The van der Waals surface area contributed by atoms with Crippen LogP contribution in [0.3, 0.4) is 0 Å². The number of hydrogen-bond donors (Lipinski definition) is 2. The molecular weight excluding hydrogens is 324 g/mol. The third-order valence-electron chi connectivity index (χ3n) is 3.89. The van der Waals surface area contributed by atoms with Crippen LogP contribution in [-0.2, 0) is 13.9 Å². The Labute approximate surface area is 150 Å². The topological polar surface area (TPSA) is 76.0 Å². The third kappa shape index (κ3) is 17.9. The Morgan fingerprint density at radius 3 is 1.62 bits per heavy atom. The van der Waals surface area contributed by atoms with E-state index in [1.165, 1.54) is 38.5 Å². The van der Waals surface area contributed by atoms with Crippen molar-refractivity contribution in [3.8, 4) is 0 Å². The average molecular weight is 365 g/mol. The van der Waals surface area contributed by atoms with Gasteiger partial charge >= 0.3 is 9.17 Å². The monoisotopic (exact) mass is 364 g/mol. The Bertz CT molecular complexity index is 262. The predicted octanol–water partition coefficient (Wildman–Crippen LogP) is 4.13. The zero-order valence-electron chi connectivity index (χ0n) is 16.3. The Kier molecular flexibility index (Phi) is 20.3. The van der Waals surface area contributed by atoms with E-state index in [-0.39, 0.29) is 5.60 Å². The molecule has 0 fully saturated rings. The first-order valence-electron chi connectivity index (χ1n) is 9.61. The molecule has 0 aliphatic carbocycles. The zero-order chi connectivity index (χ0) is 18.7. The fraction of sp³-hybridized carbons (Fsp3) is 1.00. The van der Waals surface area contributed by atoms with Crippen LogP contribution in [-0.4, -0.2) is 44.2 Å². The van der Waals surface area contributed by atoms with E-state index in [0.717, 1.165) is 45.5 Å². The quantitative estimate of drug-likeness (QED) is 0.337. The molecular formula is C18H40O5Si. The fourth-order valence-corrected chi connectivity index (χ4v) is 2.39. The first kappa shape index (κ1) is 25.8. The molecule has 24 heavy (non-hydrogen) atoms. The maximum absolute atomic E-state index is 8.74. The van der Waals surface area contributed by atoms with E-state index in [9.17, 15) is 0 Å². The molecule has 0 spiro atoms. The van der Waals surface area contributed by atoms with Crippen molar-refractivity contribution in [3.63, 3.8) is 0 Å². The molecule has 0 aliphatic rings. The molecule has 0 unspecified atom stereocenters. The molecule has 146 valence electrons. The smallest absolute Gasteiger partial charge is 0.511 e. The van der Waals surface area contributed by atoms with E-state index in [1.807, 2.05) is 0 Å². The molecule has 0 heterocycles. The number of hydrogen-bond acceptors (Lipinski definition) is 3. The summed E-state index contributed by atoms with van der Waals surface area (Å²) >= 11 is 0. The molecule has 0 rings (SSSR count). The van der Waals surface area contributed by atoms with Crippen LogP contribution < -0.4 is 0 Å². The minimum Gasteiger partial charge on any atom is -0.511 e. The minimum absolute atomic E-state index is 0.0189. The number of rotatable bonds is 15. The summed E-state index contributed by atoms with van der Waals surface area (Å²) in [4.78, 5) is 14.3. The summed E-state index contributed by atoms with van der Waals surface area (Å²) in [6, 6.07) is 0. The fourth-order valence-electron chi connectivity index (χ4n) is 2.39. The first-order valence-corrected chi connectivity index (χ1v) is 10.9. The van der Waals surface area contributed by atoms with Crippen LogP contribution in [0.2, 0.25) is 0 Å². The maximum Gasteiger partial charge on any atom is 0.761 e. The van der Waals surface area contributed by atoms with Crippen LogP contribution in [0.4, 0.5) is 0 Å². The van der Waals surface area contributed by atoms with Crippen LogP contribution >= 0.6 is 0 Å². The van der Waals surface area contributed by atoms with E-state index >= 15 is 0 Å². The lowest BCUT2D eigenvalue weighted by Crippen LogP contribution is -2.38. The van der Waals surface area contributed by atoms with Crippen molar-refractivity contribution >= 4 is 9.17 Å². The normalized spacial score (nSPS) is 11.0. The molecule has 0 aliphatic heterocycles. The van der Waals surface area contributed by atoms with E-state index < -0.39 is 9.17 Å². The van der Waals surface area contributed by atoms with Crippen molar-refractivity contribution in [2.24, 2.45) is 0 Å². The molecule has 0 saturated heterocycles. The van der Waals surface area contributed by atoms with Gasteiger partial charge in [0.1, 0.15) is 0 Å². The molecule has 0 aromatic heterocycles. The van der Waals surface area contributed by atoms with Gasteiger partial charge in [-0.25, -0.2) is 0 Å². The van der Waals surface area contributed by atoms with Gasteiger partial charge in [0.05, 0.1) is 12.2 Å². The third-order valence-corrected chi connectivity index (χ3v) is 3.89. The van der Waals surface area contributed by atoms with Crippen molar-refractivity contribution in [1.82, 2.24) is 0 Å². The Hall–Kier alpha value is -0.463. The minimum atomic E-state index is -3.13. The van der Waals surface area contributed by atoms with Gasteiger partial charge in [0.2, 0.25) is 0 Å². The molecule has 5 nitrogen and oxygen atoms in total. The zero-order valence-corrected chi connectivity index (χ0v) is 17.3. The Balaban J connectivity index is 0. The van der Waals surface area contributed by atoms with Gasteiger partial charge in [-0.15, -0.1) is 0 Å². The van der Waals surface area contributed by atoms with Gasteiger partial charge in [0.15, 0.2) is 0 Å². The molecule has 2 N–H and O–H groups in total. The van der Waals surface area contributed by atoms with Gasteiger partial charge in [0.25, 0.3) is 0 Å². The highest BCUT2D eigenvalue weighted by atomic mass is 28.3. The lowest BCUT2D eigenvalue weighted by Gasteiger charge is -2.34. The molecule has 0 saturated carbocycles. The summed E-state index contributed by atoms with van der Waals surface area (Å²) in [6.45, 7) is 11.5. The summed E-state index contributed by atoms with van der Waals surface area (Å²) in [7, 11) is -3.13. The summed E-state index contributed by atoms with van der Waals surface area (Å²) < 4.78 is 21.0. The molecule has 0 aromatic carbocycles. The van der Waals surface area contributed by atoms with Gasteiger partial charge in [-0.3, -0.25) is 4.46 Å². The highest BCUT2D eigenvalue weighted by molar-refractivity contribution is 6.22. The summed E-state index contributed by atoms with van der Waals surface area (Å²) in [6.07, 6.45) is 12.0. The van der Waals surface area contributed by atoms with Gasteiger partial charge in [-0.2, -0.15) is 0 Å². The van der Waals surface area contributed by atoms with Gasteiger partial charge in [-0.05, 0) is 25.7 Å². The molecule has 0 atom stereocenters. The number of ether oxygens (including phenoxy) is 2. The first-order chi connectivity index (χ1) is 11.5. The second-order valence-corrected chi connectivity index (χ2v) is 6.85. The van der Waals surface area contributed by atoms with Crippen molar-refractivity contribution in [2.75, 3.05) is 19.8 Å². The lowest BCUT2D eigenvalue weighted by atomic mass is 9.91. The second-order valence-electron chi connectivity index (χ2n) is 6.28. The molecule has 0 aromatic rings. The van der Waals surface area contributed by atoms with E-state index in [0.29, 0.717) is 0 Å². The standard InChI is InChI=1S/C18H38O2.H2O3Si/c1-5-9-13-18(14-10-6-2,20-16-12-8-4)17-19-15-11-7-3;1-4(2)3/h5-17H2,1-4H3;1-2H. The molecule has 0 bridgehead atoms. The van der Waals surface area contributed by atoms with Crippen LogP contribution in [0.25, 0.3) is 0 Å². The Morgan fingerprint density at radius 2 is 1.21 bits per heavy atom. The van der Waals surface area contributed by atoms with Gasteiger partial charge in [-0.1, -0.05) is 66.2 Å². The summed E-state index contributed by atoms with van der Waals surface area (Å²) in [5, 5.41) is 0. The number of unbranched alkanes of at least 4 members (excludes halogenated alkanes) is 4.